The molecular weight excluding hydrogens is 374 g/mol. The van der Waals surface area contributed by atoms with Gasteiger partial charge in [0.2, 0.25) is 0 Å². The number of aromatic nitrogens is 1. The number of fused-ring (bicyclic) bond motifs is 1. The van der Waals surface area contributed by atoms with Gasteiger partial charge in [-0.3, -0.25) is 9.10 Å². The Hall–Kier alpha value is -2.65. The van der Waals surface area contributed by atoms with Gasteiger partial charge in [0.15, 0.2) is 0 Å². The van der Waals surface area contributed by atoms with Crippen LogP contribution in [0.2, 0.25) is 0 Å². The van der Waals surface area contributed by atoms with Crippen molar-refractivity contribution in [2.75, 3.05) is 13.6 Å². The van der Waals surface area contributed by atoms with Crippen molar-refractivity contribution in [2.24, 2.45) is 0 Å². The molecule has 1 aliphatic heterocycles. The molecule has 2 aromatic rings. The summed E-state index contributed by atoms with van der Waals surface area (Å²) in [6.45, 7) is 5.57. The van der Waals surface area contributed by atoms with Gasteiger partial charge in [0.25, 0.3) is 15.9 Å². The normalized spacial score (nSPS) is 15.5. The topological polar surface area (TPSA) is 99.6 Å². The first-order valence-electron chi connectivity index (χ1n) is 7.66. The average molecular weight is 391 g/mol. The van der Waals surface area contributed by atoms with Gasteiger partial charge < -0.3 is 10.4 Å². The number of sulfonamides is 1. The van der Waals surface area contributed by atoms with Crippen LogP contribution in [0.25, 0.3) is 5.57 Å². The summed E-state index contributed by atoms with van der Waals surface area (Å²) in [6.07, 6.45) is 3.13. The van der Waals surface area contributed by atoms with Crippen molar-refractivity contribution in [3.63, 3.8) is 0 Å². The van der Waals surface area contributed by atoms with Gasteiger partial charge in [0.1, 0.15) is 16.5 Å². The largest absolute Gasteiger partial charge is 0.507 e. The zero-order chi connectivity index (χ0) is 19.1. The molecule has 1 aliphatic rings. The Labute approximate surface area is 155 Å². The number of nitrogens with one attached hydrogen (secondary N) is 1. The number of carbonyl (C=O) groups excluding carboxylic acids is 1. The number of phenolic OH excluding ortho intramolecular Hbond substituents is 1. The molecule has 0 fully saturated rings. The SMILES string of the molecule is C=CCNC(=O)C1=C(c2ncc(C)s2)c2c(O)cccc2S(=O)(=O)N1C. The van der Waals surface area contributed by atoms with Crippen molar-refractivity contribution in [2.45, 2.75) is 11.8 Å². The molecule has 0 unspecified atom stereocenters. The molecule has 7 nitrogen and oxygen atoms in total. The third-order valence-corrected chi connectivity index (χ3v) is 6.63. The van der Waals surface area contributed by atoms with E-state index in [1.54, 1.807) is 6.20 Å². The van der Waals surface area contributed by atoms with Crippen LogP contribution in [0.1, 0.15) is 15.4 Å². The number of carbonyl (C=O) groups is 1. The minimum atomic E-state index is -3.99. The average Bonchev–Trinajstić information content (AvgIpc) is 3.02. The van der Waals surface area contributed by atoms with Crippen molar-refractivity contribution in [1.29, 1.82) is 0 Å². The molecule has 2 N–H and O–H groups in total. The summed E-state index contributed by atoms with van der Waals surface area (Å²) in [5.41, 5.74) is 0.286. The van der Waals surface area contributed by atoms with Gasteiger partial charge in [-0.2, -0.15) is 0 Å². The second-order valence-electron chi connectivity index (χ2n) is 5.62. The van der Waals surface area contributed by atoms with Crippen LogP contribution >= 0.6 is 11.3 Å². The van der Waals surface area contributed by atoms with Gasteiger partial charge in [0, 0.05) is 30.2 Å². The van der Waals surface area contributed by atoms with Crippen LogP contribution in [0.4, 0.5) is 0 Å². The van der Waals surface area contributed by atoms with E-state index in [4.69, 9.17) is 0 Å². The monoisotopic (exact) mass is 391 g/mol. The molecule has 0 saturated carbocycles. The molecule has 1 aromatic carbocycles. The number of rotatable bonds is 4. The van der Waals surface area contributed by atoms with Gasteiger partial charge in [-0.25, -0.2) is 13.4 Å². The fraction of sp³-hybridized carbons (Fsp3) is 0.176. The van der Waals surface area contributed by atoms with Crippen molar-refractivity contribution >= 4 is 32.8 Å². The van der Waals surface area contributed by atoms with Gasteiger partial charge in [-0.05, 0) is 19.1 Å². The number of amides is 1. The summed E-state index contributed by atoms with van der Waals surface area (Å²) < 4.78 is 26.7. The summed E-state index contributed by atoms with van der Waals surface area (Å²) in [5, 5.41) is 13.5. The lowest BCUT2D eigenvalue weighted by Crippen LogP contribution is -2.40. The predicted molar refractivity (Wildman–Crippen MR) is 99.1 cm³/mol. The molecule has 9 heteroatoms. The van der Waals surface area contributed by atoms with Crippen LogP contribution in [-0.2, 0) is 14.8 Å². The molecule has 0 bridgehead atoms. The maximum atomic E-state index is 12.9. The zero-order valence-electron chi connectivity index (χ0n) is 14.2. The molecule has 0 spiro atoms. The second kappa shape index (κ2) is 6.58. The third kappa shape index (κ3) is 2.78. The van der Waals surface area contributed by atoms with Gasteiger partial charge in [-0.15, -0.1) is 17.9 Å². The number of hydrogen-bond donors (Lipinski definition) is 2. The Kier molecular flexibility index (Phi) is 4.59. The minimum Gasteiger partial charge on any atom is -0.507 e. The molecule has 136 valence electrons. The van der Waals surface area contributed by atoms with Crippen LogP contribution in [0.15, 0.2) is 47.6 Å². The van der Waals surface area contributed by atoms with Crippen molar-refractivity contribution in [1.82, 2.24) is 14.6 Å². The molecule has 2 heterocycles. The predicted octanol–water partition coefficient (Wildman–Crippen LogP) is 1.85. The maximum Gasteiger partial charge on any atom is 0.269 e. The standard InChI is InChI=1S/C17H17N3O4S2/c1-4-8-18-16(22)15-14(17-19-9-10(2)25-17)13-11(21)6-5-7-12(13)26(23,24)20(15)3/h4-7,9,21H,1,8H2,2-3H3,(H,18,22). The van der Waals surface area contributed by atoms with E-state index in [0.717, 1.165) is 9.18 Å². The van der Waals surface area contributed by atoms with Crippen LogP contribution in [0, 0.1) is 6.92 Å². The minimum absolute atomic E-state index is 0.0666. The van der Waals surface area contributed by atoms with E-state index >= 15 is 0 Å². The van der Waals surface area contributed by atoms with Gasteiger partial charge in [-0.1, -0.05) is 12.1 Å². The smallest absolute Gasteiger partial charge is 0.269 e. The molecule has 0 atom stereocenters. The quantitative estimate of drug-likeness (QED) is 0.775. The van der Waals surface area contributed by atoms with Crippen LogP contribution in [0.3, 0.4) is 0 Å². The number of aromatic hydroxyl groups is 1. The van der Waals surface area contributed by atoms with Crippen LogP contribution < -0.4 is 5.32 Å². The number of benzene rings is 1. The molecule has 0 saturated heterocycles. The van der Waals surface area contributed by atoms with Gasteiger partial charge in [0.05, 0.1) is 10.5 Å². The highest BCUT2D eigenvalue weighted by Crippen LogP contribution is 2.44. The number of aryl methyl sites for hydroxylation is 1. The number of likely N-dealkylation sites (N-methyl/N-ethyl adjacent to an activating group) is 1. The van der Waals surface area contributed by atoms with Crippen molar-refractivity contribution in [3.05, 3.63) is 58.2 Å². The highest BCUT2D eigenvalue weighted by atomic mass is 32.2. The van der Waals surface area contributed by atoms with Crippen molar-refractivity contribution in [3.8, 4) is 5.75 Å². The summed E-state index contributed by atoms with van der Waals surface area (Å²) in [4.78, 5) is 17.9. The van der Waals surface area contributed by atoms with E-state index in [2.05, 4.69) is 16.9 Å². The number of nitrogens with zero attached hydrogens (tertiary/aromatic N) is 2. The Morgan fingerprint density at radius 2 is 2.19 bits per heavy atom. The first-order chi connectivity index (χ1) is 12.3. The van der Waals surface area contributed by atoms with E-state index in [1.165, 1.54) is 42.7 Å². The fourth-order valence-electron chi connectivity index (χ4n) is 2.71. The fourth-order valence-corrected chi connectivity index (χ4v) is 4.95. The van der Waals surface area contributed by atoms with E-state index in [-0.39, 0.29) is 34.0 Å². The lowest BCUT2D eigenvalue weighted by atomic mass is 10.0. The highest BCUT2D eigenvalue weighted by Gasteiger charge is 2.40. The molecule has 1 amide bonds. The first kappa shape index (κ1) is 18.2. The molecule has 26 heavy (non-hydrogen) atoms. The molecule has 3 rings (SSSR count). The Morgan fingerprint density at radius 3 is 2.81 bits per heavy atom. The second-order valence-corrected chi connectivity index (χ2v) is 8.79. The van der Waals surface area contributed by atoms with Crippen molar-refractivity contribution < 1.29 is 18.3 Å². The summed E-state index contributed by atoms with van der Waals surface area (Å²) in [5.74, 6) is -0.816. The molecule has 0 aliphatic carbocycles. The van der Waals surface area contributed by atoms with E-state index in [1.807, 2.05) is 6.92 Å². The lowest BCUT2D eigenvalue weighted by Gasteiger charge is -2.30. The third-order valence-electron chi connectivity index (χ3n) is 3.90. The Bertz CT molecular complexity index is 1040. The zero-order valence-corrected chi connectivity index (χ0v) is 15.8. The number of hydrogen-bond acceptors (Lipinski definition) is 6. The molecular formula is C17H17N3O4S2. The van der Waals surface area contributed by atoms with E-state index in [0.29, 0.717) is 5.01 Å². The maximum absolute atomic E-state index is 12.9. The summed E-state index contributed by atoms with van der Waals surface area (Å²) in [6, 6.07) is 4.24. The summed E-state index contributed by atoms with van der Waals surface area (Å²) >= 11 is 1.31. The van der Waals surface area contributed by atoms with Crippen LogP contribution in [0.5, 0.6) is 5.75 Å². The van der Waals surface area contributed by atoms with E-state index < -0.39 is 15.9 Å². The summed E-state index contributed by atoms with van der Waals surface area (Å²) in [7, 11) is -2.68. The number of phenols is 1. The molecule has 1 aromatic heterocycles. The van der Waals surface area contributed by atoms with Gasteiger partial charge >= 0.3 is 0 Å². The lowest BCUT2D eigenvalue weighted by molar-refractivity contribution is -0.118. The van der Waals surface area contributed by atoms with Crippen LogP contribution in [-0.4, -0.2) is 42.3 Å². The first-order valence-corrected chi connectivity index (χ1v) is 9.92. The Balaban J connectivity index is 2.40. The number of thiazole rings is 1. The Morgan fingerprint density at radius 1 is 1.46 bits per heavy atom. The van der Waals surface area contributed by atoms with E-state index in [9.17, 15) is 18.3 Å². The molecule has 0 radical (unpaired) electrons. The highest BCUT2D eigenvalue weighted by molar-refractivity contribution is 7.89.